The van der Waals surface area contributed by atoms with E-state index < -0.39 is 0 Å². The van der Waals surface area contributed by atoms with Crippen LogP contribution in [-0.4, -0.2) is 14.4 Å². The maximum atomic E-state index is 6.01. The average molecular weight is 204 g/mol. The highest BCUT2D eigenvalue weighted by molar-refractivity contribution is 6.34. The highest BCUT2D eigenvalue weighted by Gasteiger charge is 2.06. The summed E-state index contributed by atoms with van der Waals surface area (Å²) in [4.78, 5) is 8.63. The number of halogens is 1. The van der Waals surface area contributed by atoms with Crippen LogP contribution in [0.25, 0.3) is 16.8 Å². The van der Waals surface area contributed by atoms with Crippen LogP contribution in [0.3, 0.4) is 0 Å². The molecule has 3 rings (SSSR count). The third kappa shape index (κ3) is 0.930. The Morgan fingerprint density at radius 1 is 1.21 bits per heavy atom. The van der Waals surface area contributed by atoms with Crippen molar-refractivity contribution in [1.29, 1.82) is 0 Å². The fourth-order valence-corrected chi connectivity index (χ4v) is 1.70. The molecular weight excluding hydrogens is 198 g/mol. The molecule has 14 heavy (non-hydrogen) atoms. The third-order valence-corrected chi connectivity index (χ3v) is 2.45. The number of fused-ring (bicyclic) bond motifs is 3. The maximum Gasteiger partial charge on any atom is 0.165 e. The Labute approximate surface area is 85.0 Å². The van der Waals surface area contributed by atoms with Crippen LogP contribution >= 0.6 is 11.6 Å². The van der Waals surface area contributed by atoms with Gasteiger partial charge in [0.25, 0.3) is 0 Å². The van der Waals surface area contributed by atoms with Crippen LogP contribution < -0.4 is 0 Å². The average Bonchev–Trinajstić information content (AvgIpc) is 2.59. The number of hydrogen-bond donors (Lipinski definition) is 0. The molecule has 3 heterocycles. The van der Waals surface area contributed by atoms with Crippen molar-refractivity contribution < 1.29 is 0 Å². The van der Waals surface area contributed by atoms with Gasteiger partial charge in [0, 0.05) is 12.4 Å². The molecule has 0 saturated carbocycles. The van der Waals surface area contributed by atoms with Gasteiger partial charge in [0.1, 0.15) is 11.2 Å². The Balaban J connectivity index is 2.63. The number of nitrogens with zero attached hydrogens (tertiary/aromatic N) is 3. The molecule has 3 aromatic rings. The Morgan fingerprint density at radius 3 is 3.07 bits per heavy atom. The van der Waals surface area contributed by atoms with Gasteiger partial charge in [-0.25, -0.2) is 9.97 Å². The van der Waals surface area contributed by atoms with Crippen LogP contribution in [0, 0.1) is 0 Å². The minimum Gasteiger partial charge on any atom is -0.284 e. The molecule has 0 bridgehead atoms. The maximum absolute atomic E-state index is 6.01. The molecule has 68 valence electrons. The molecule has 3 aromatic heterocycles. The van der Waals surface area contributed by atoms with Gasteiger partial charge >= 0.3 is 0 Å². The van der Waals surface area contributed by atoms with E-state index in [0.29, 0.717) is 5.02 Å². The van der Waals surface area contributed by atoms with Crippen molar-refractivity contribution in [3.8, 4) is 0 Å². The SMILES string of the molecule is Clc1ccnc2c1nc1ccccn12. The lowest BCUT2D eigenvalue weighted by Crippen LogP contribution is -1.84. The first-order chi connectivity index (χ1) is 6.86. The van der Waals surface area contributed by atoms with Crippen LogP contribution in [0.2, 0.25) is 5.02 Å². The lowest BCUT2D eigenvalue weighted by molar-refractivity contribution is 1.18. The Kier molecular flexibility index (Phi) is 1.49. The zero-order chi connectivity index (χ0) is 9.54. The summed E-state index contributed by atoms with van der Waals surface area (Å²) in [5, 5.41) is 0.638. The normalized spacial score (nSPS) is 11.2. The first-order valence-electron chi connectivity index (χ1n) is 4.23. The molecule has 0 aliphatic carbocycles. The summed E-state index contributed by atoms with van der Waals surface area (Å²) in [6.45, 7) is 0. The molecule has 0 fully saturated rings. The monoisotopic (exact) mass is 203 g/mol. The summed E-state index contributed by atoms with van der Waals surface area (Å²) in [7, 11) is 0. The van der Waals surface area contributed by atoms with Crippen LogP contribution in [0.1, 0.15) is 0 Å². The minimum atomic E-state index is 0.638. The summed E-state index contributed by atoms with van der Waals surface area (Å²) in [5.41, 5.74) is 2.41. The fourth-order valence-electron chi connectivity index (χ4n) is 1.52. The van der Waals surface area contributed by atoms with Crippen LogP contribution in [-0.2, 0) is 0 Å². The van der Waals surface area contributed by atoms with E-state index in [1.807, 2.05) is 28.8 Å². The zero-order valence-corrected chi connectivity index (χ0v) is 7.94. The van der Waals surface area contributed by atoms with Crippen molar-refractivity contribution in [2.75, 3.05) is 0 Å². The number of pyridine rings is 2. The van der Waals surface area contributed by atoms with Crippen molar-refractivity contribution in [2.24, 2.45) is 0 Å². The molecule has 0 aliphatic heterocycles. The van der Waals surface area contributed by atoms with E-state index in [4.69, 9.17) is 11.6 Å². The number of rotatable bonds is 0. The number of hydrogen-bond acceptors (Lipinski definition) is 2. The van der Waals surface area contributed by atoms with Crippen LogP contribution in [0.4, 0.5) is 0 Å². The molecule has 0 radical (unpaired) electrons. The van der Waals surface area contributed by atoms with Crippen molar-refractivity contribution in [2.45, 2.75) is 0 Å². The summed E-state index contributed by atoms with van der Waals surface area (Å²) >= 11 is 6.01. The largest absolute Gasteiger partial charge is 0.284 e. The standard InChI is InChI=1S/C10H6ClN3/c11-7-4-5-12-10-9(7)13-8-3-1-2-6-14(8)10/h1-6H. The Morgan fingerprint density at radius 2 is 2.14 bits per heavy atom. The predicted molar refractivity (Wildman–Crippen MR) is 55.5 cm³/mol. The Hall–Kier alpha value is -1.61. The summed E-state index contributed by atoms with van der Waals surface area (Å²) < 4.78 is 1.92. The molecule has 0 atom stereocenters. The molecule has 0 aromatic carbocycles. The predicted octanol–water partition coefficient (Wildman–Crippen LogP) is 2.54. The van der Waals surface area contributed by atoms with Gasteiger partial charge in [-0.2, -0.15) is 0 Å². The van der Waals surface area contributed by atoms with E-state index in [2.05, 4.69) is 9.97 Å². The van der Waals surface area contributed by atoms with Gasteiger partial charge in [0.05, 0.1) is 5.02 Å². The van der Waals surface area contributed by atoms with E-state index in [9.17, 15) is 0 Å². The quantitative estimate of drug-likeness (QED) is 0.562. The molecule has 0 unspecified atom stereocenters. The van der Waals surface area contributed by atoms with E-state index in [1.54, 1.807) is 12.3 Å². The number of imidazole rings is 1. The smallest absolute Gasteiger partial charge is 0.165 e. The fraction of sp³-hybridized carbons (Fsp3) is 0. The highest BCUT2D eigenvalue weighted by atomic mass is 35.5. The molecule has 3 nitrogen and oxygen atoms in total. The van der Waals surface area contributed by atoms with Crippen molar-refractivity contribution in [3.63, 3.8) is 0 Å². The zero-order valence-electron chi connectivity index (χ0n) is 7.18. The van der Waals surface area contributed by atoms with Gasteiger partial charge in [0.15, 0.2) is 5.65 Å². The van der Waals surface area contributed by atoms with Crippen LogP contribution in [0.15, 0.2) is 36.7 Å². The first-order valence-corrected chi connectivity index (χ1v) is 4.61. The van der Waals surface area contributed by atoms with E-state index in [1.165, 1.54) is 0 Å². The molecule has 0 amide bonds. The first kappa shape index (κ1) is 7.76. The van der Waals surface area contributed by atoms with Gasteiger partial charge in [-0.3, -0.25) is 4.40 Å². The van der Waals surface area contributed by atoms with Crippen molar-refractivity contribution in [3.05, 3.63) is 41.7 Å². The second kappa shape index (κ2) is 2.69. The molecule has 4 heteroatoms. The van der Waals surface area contributed by atoms with Gasteiger partial charge in [-0.15, -0.1) is 0 Å². The van der Waals surface area contributed by atoms with Crippen LogP contribution in [0.5, 0.6) is 0 Å². The molecular formula is C10H6ClN3. The van der Waals surface area contributed by atoms with Gasteiger partial charge in [-0.05, 0) is 18.2 Å². The lowest BCUT2D eigenvalue weighted by atomic mass is 10.4. The molecule has 0 saturated heterocycles. The lowest BCUT2D eigenvalue weighted by Gasteiger charge is -1.92. The minimum absolute atomic E-state index is 0.638. The molecule has 0 spiro atoms. The van der Waals surface area contributed by atoms with Gasteiger partial charge in [-0.1, -0.05) is 17.7 Å². The van der Waals surface area contributed by atoms with Crippen molar-refractivity contribution >= 4 is 28.4 Å². The second-order valence-electron chi connectivity index (χ2n) is 3.01. The van der Waals surface area contributed by atoms with Gasteiger partial charge < -0.3 is 0 Å². The number of aromatic nitrogens is 3. The molecule has 0 aliphatic rings. The highest BCUT2D eigenvalue weighted by Crippen LogP contribution is 2.21. The van der Waals surface area contributed by atoms with E-state index in [0.717, 1.165) is 16.8 Å². The van der Waals surface area contributed by atoms with Crippen molar-refractivity contribution in [1.82, 2.24) is 14.4 Å². The topological polar surface area (TPSA) is 30.2 Å². The second-order valence-corrected chi connectivity index (χ2v) is 3.41. The summed E-state index contributed by atoms with van der Waals surface area (Å²) in [5.74, 6) is 0. The van der Waals surface area contributed by atoms with E-state index >= 15 is 0 Å². The molecule has 0 N–H and O–H groups in total. The summed E-state index contributed by atoms with van der Waals surface area (Å²) in [6.07, 6.45) is 3.61. The van der Waals surface area contributed by atoms with Gasteiger partial charge in [0.2, 0.25) is 0 Å². The third-order valence-electron chi connectivity index (χ3n) is 2.15. The van der Waals surface area contributed by atoms with E-state index in [-0.39, 0.29) is 0 Å². The summed E-state index contributed by atoms with van der Waals surface area (Å²) in [6, 6.07) is 7.56. The Bertz CT molecular complexity index is 615.